The Labute approximate surface area is 120 Å². The quantitative estimate of drug-likeness (QED) is 0.243. The molecule has 0 aliphatic carbocycles. The number of hydrogen-bond donors (Lipinski definition) is 0. The Morgan fingerprint density at radius 3 is 2.26 bits per heavy atom. The molecule has 0 aromatic heterocycles. The summed E-state index contributed by atoms with van der Waals surface area (Å²) in [5.41, 5.74) is 0.486. The van der Waals surface area contributed by atoms with E-state index in [0.29, 0.717) is 12.2 Å². The molecule has 0 saturated carbocycles. The van der Waals surface area contributed by atoms with Gasteiger partial charge >= 0.3 is 5.97 Å². The van der Waals surface area contributed by atoms with Crippen LogP contribution in [0, 0.1) is 5.92 Å². The monoisotopic (exact) mass is 284 g/mol. The molecule has 0 fully saturated rings. The fourth-order valence-electron chi connectivity index (χ4n) is 2.38. The number of carbonyl (C=O) groups is 1. The first-order valence-corrected chi connectivity index (χ1v) is 11.3. The van der Waals surface area contributed by atoms with E-state index in [0.717, 1.165) is 18.8 Å². The van der Waals surface area contributed by atoms with Crippen LogP contribution in [0.25, 0.3) is 0 Å². The molecule has 0 heterocycles. The van der Waals surface area contributed by atoms with Gasteiger partial charge in [0.2, 0.25) is 0 Å². The van der Waals surface area contributed by atoms with Gasteiger partial charge in [-0.15, -0.1) is 0 Å². The molecule has 1 unspecified atom stereocenters. The van der Waals surface area contributed by atoms with Crippen LogP contribution < -0.4 is 0 Å². The molecule has 3 heteroatoms. The van der Waals surface area contributed by atoms with Gasteiger partial charge in [-0.2, -0.15) is 0 Å². The van der Waals surface area contributed by atoms with Gasteiger partial charge in [-0.25, -0.2) is 4.79 Å². The van der Waals surface area contributed by atoms with Crippen LogP contribution in [0.5, 0.6) is 0 Å². The average molecular weight is 285 g/mol. The molecule has 0 amide bonds. The number of rotatable bonds is 10. The van der Waals surface area contributed by atoms with Crippen molar-refractivity contribution in [3.8, 4) is 0 Å². The van der Waals surface area contributed by atoms with Crippen molar-refractivity contribution in [1.29, 1.82) is 0 Å². The van der Waals surface area contributed by atoms with E-state index in [1.165, 1.54) is 25.3 Å². The molecule has 0 aliphatic heterocycles. The predicted molar refractivity (Wildman–Crippen MR) is 86.2 cm³/mol. The average Bonchev–Trinajstić information content (AvgIpc) is 2.24. The number of ether oxygens (including phenoxy) is 1. The molecule has 0 N–H and O–H groups in total. The van der Waals surface area contributed by atoms with Gasteiger partial charge in [0, 0.05) is 13.6 Å². The fraction of sp³-hybridized carbons (Fsp3) is 0.812. The van der Waals surface area contributed by atoms with Crippen molar-refractivity contribution in [1.82, 2.24) is 0 Å². The van der Waals surface area contributed by atoms with E-state index >= 15 is 0 Å². The van der Waals surface area contributed by atoms with Gasteiger partial charge in [-0.1, -0.05) is 64.9 Å². The molecule has 0 spiro atoms. The molecule has 0 rings (SSSR count). The molecule has 0 aliphatic rings. The molecule has 0 radical (unpaired) electrons. The Hall–Kier alpha value is -0.573. The van der Waals surface area contributed by atoms with Crippen molar-refractivity contribution >= 4 is 14.0 Å². The summed E-state index contributed by atoms with van der Waals surface area (Å²) < 4.78 is 5.06. The van der Waals surface area contributed by atoms with Gasteiger partial charge in [-0.05, 0) is 19.3 Å². The van der Waals surface area contributed by atoms with E-state index in [-0.39, 0.29) is 5.97 Å². The minimum atomic E-state index is -0.891. The third-order valence-electron chi connectivity index (χ3n) is 3.13. The second kappa shape index (κ2) is 9.35. The standard InChI is InChI=1S/C16H32O2Si/c1-14(2)16(17)18-12-10-8-7-9-11-15(3)13-19(4,5)6/h15H,1,7-13H2,2-6H3. The van der Waals surface area contributed by atoms with E-state index in [1.807, 2.05) is 0 Å². The van der Waals surface area contributed by atoms with Crippen molar-refractivity contribution < 1.29 is 9.53 Å². The second-order valence-corrected chi connectivity index (χ2v) is 12.5. The maximum atomic E-state index is 11.1. The van der Waals surface area contributed by atoms with Crippen molar-refractivity contribution in [2.45, 2.75) is 71.6 Å². The summed E-state index contributed by atoms with van der Waals surface area (Å²) >= 11 is 0. The second-order valence-electron chi connectivity index (χ2n) is 6.99. The summed E-state index contributed by atoms with van der Waals surface area (Å²) in [6.07, 6.45) is 6.03. The summed E-state index contributed by atoms with van der Waals surface area (Å²) in [4.78, 5) is 11.1. The SMILES string of the molecule is C=C(C)C(=O)OCCCCCCC(C)C[Si](C)(C)C. The smallest absolute Gasteiger partial charge is 0.333 e. The number of hydrogen-bond acceptors (Lipinski definition) is 2. The lowest BCUT2D eigenvalue weighted by atomic mass is 10.0. The van der Waals surface area contributed by atoms with Gasteiger partial charge in [0.1, 0.15) is 0 Å². The lowest BCUT2D eigenvalue weighted by Crippen LogP contribution is -2.22. The molecule has 0 aromatic rings. The van der Waals surface area contributed by atoms with Crippen LogP contribution in [0.4, 0.5) is 0 Å². The van der Waals surface area contributed by atoms with Gasteiger partial charge in [-0.3, -0.25) is 0 Å². The van der Waals surface area contributed by atoms with E-state index < -0.39 is 8.07 Å². The van der Waals surface area contributed by atoms with Crippen molar-refractivity contribution in [2.75, 3.05) is 6.61 Å². The zero-order chi connectivity index (χ0) is 14.9. The number of carbonyl (C=O) groups excluding carboxylic acids is 1. The topological polar surface area (TPSA) is 26.3 Å². The van der Waals surface area contributed by atoms with E-state index in [1.54, 1.807) is 6.92 Å². The summed E-state index contributed by atoms with van der Waals surface area (Å²) in [5, 5.41) is 0. The van der Waals surface area contributed by atoms with Crippen LogP contribution in [-0.4, -0.2) is 20.7 Å². The van der Waals surface area contributed by atoms with Gasteiger partial charge in [0.25, 0.3) is 0 Å². The third-order valence-corrected chi connectivity index (χ3v) is 5.06. The highest BCUT2D eigenvalue weighted by atomic mass is 28.3. The highest BCUT2D eigenvalue weighted by molar-refractivity contribution is 6.76. The highest BCUT2D eigenvalue weighted by Gasteiger charge is 2.16. The summed E-state index contributed by atoms with van der Waals surface area (Å²) in [7, 11) is -0.891. The Balaban J connectivity index is 3.41. The highest BCUT2D eigenvalue weighted by Crippen LogP contribution is 2.21. The lowest BCUT2D eigenvalue weighted by Gasteiger charge is -2.21. The number of esters is 1. The molecule has 0 bridgehead atoms. The molecular formula is C16H32O2Si. The van der Waals surface area contributed by atoms with E-state index in [2.05, 4.69) is 33.1 Å². The van der Waals surface area contributed by atoms with Crippen molar-refractivity contribution in [3.63, 3.8) is 0 Å². The van der Waals surface area contributed by atoms with Crippen LogP contribution in [0.2, 0.25) is 25.7 Å². The summed E-state index contributed by atoms with van der Waals surface area (Å²) in [6.45, 7) is 15.5. The Morgan fingerprint density at radius 1 is 1.16 bits per heavy atom. The van der Waals surface area contributed by atoms with Crippen LogP contribution in [-0.2, 0) is 9.53 Å². The van der Waals surface area contributed by atoms with E-state index in [4.69, 9.17) is 4.74 Å². The molecule has 2 nitrogen and oxygen atoms in total. The van der Waals surface area contributed by atoms with Crippen LogP contribution in [0.3, 0.4) is 0 Å². The molecule has 19 heavy (non-hydrogen) atoms. The first kappa shape index (κ1) is 18.4. The maximum absolute atomic E-state index is 11.1. The molecule has 1 atom stereocenters. The maximum Gasteiger partial charge on any atom is 0.333 e. The molecule has 0 saturated heterocycles. The Bertz CT molecular complexity index is 279. The Kier molecular flexibility index (Phi) is 9.07. The predicted octanol–water partition coefficient (Wildman–Crippen LogP) is 5.03. The third kappa shape index (κ3) is 12.2. The van der Waals surface area contributed by atoms with Crippen molar-refractivity contribution in [3.05, 3.63) is 12.2 Å². The van der Waals surface area contributed by atoms with E-state index in [9.17, 15) is 4.79 Å². The molecular weight excluding hydrogens is 252 g/mol. The molecule has 112 valence electrons. The largest absolute Gasteiger partial charge is 0.462 e. The minimum absolute atomic E-state index is 0.260. The van der Waals surface area contributed by atoms with Gasteiger partial charge in [0.15, 0.2) is 0 Å². The van der Waals surface area contributed by atoms with Crippen LogP contribution in [0.15, 0.2) is 12.2 Å². The summed E-state index contributed by atoms with van der Waals surface area (Å²) in [6, 6.07) is 1.43. The van der Waals surface area contributed by atoms with Crippen LogP contribution >= 0.6 is 0 Å². The fourth-order valence-corrected chi connectivity index (χ4v) is 4.68. The van der Waals surface area contributed by atoms with Crippen molar-refractivity contribution in [2.24, 2.45) is 5.92 Å². The zero-order valence-corrected chi connectivity index (χ0v) is 14.6. The zero-order valence-electron chi connectivity index (χ0n) is 13.6. The first-order chi connectivity index (χ1) is 8.72. The minimum Gasteiger partial charge on any atom is -0.462 e. The van der Waals surface area contributed by atoms with Gasteiger partial charge in [0.05, 0.1) is 6.61 Å². The van der Waals surface area contributed by atoms with Gasteiger partial charge < -0.3 is 4.74 Å². The first-order valence-electron chi connectivity index (χ1n) is 7.55. The Morgan fingerprint density at radius 2 is 1.74 bits per heavy atom. The lowest BCUT2D eigenvalue weighted by molar-refractivity contribution is -0.139. The number of unbranched alkanes of at least 4 members (excludes halogenated alkanes) is 3. The summed E-state index contributed by atoms with van der Waals surface area (Å²) in [5.74, 6) is 0.608. The van der Waals surface area contributed by atoms with Crippen LogP contribution in [0.1, 0.15) is 46.0 Å². The molecule has 0 aromatic carbocycles. The normalized spacial score (nSPS) is 13.1.